The second kappa shape index (κ2) is 3.80. The van der Waals surface area contributed by atoms with Crippen molar-refractivity contribution in [2.75, 3.05) is 0 Å². The summed E-state index contributed by atoms with van der Waals surface area (Å²) in [6.07, 6.45) is 0.332. The molecule has 2 rings (SSSR count). The average molecular weight is 218 g/mol. The number of nitrogens with zero attached hydrogens (tertiary/aromatic N) is 1. The molecule has 0 unspecified atom stereocenters. The van der Waals surface area contributed by atoms with Crippen LogP contribution in [0.15, 0.2) is 30.3 Å². The van der Waals surface area contributed by atoms with Crippen molar-refractivity contribution >= 4 is 22.4 Å². The van der Waals surface area contributed by atoms with Crippen molar-refractivity contribution in [2.24, 2.45) is 0 Å². The zero-order valence-electron chi connectivity index (χ0n) is 7.87. The Hall–Kier alpha value is -1.72. The first-order valence-corrected chi connectivity index (χ1v) is 4.87. The average Bonchev–Trinajstić information content (AvgIpc) is 2.21. The number of phenols is 1. The van der Waals surface area contributed by atoms with Gasteiger partial charge < -0.3 is 5.11 Å². The van der Waals surface area contributed by atoms with Crippen LogP contribution in [0.4, 0.5) is 0 Å². The number of fused-ring (bicyclic) bond motifs is 1. The van der Waals surface area contributed by atoms with E-state index in [0.717, 1.165) is 16.3 Å². The molecule has 0 spiro atoms. The van der Waals surface area contributed by atoms with E-state index in [1.54, 1.807) is 12.1 Å². The third-order valence-electron chi connectivity index (χ3n) is 2.31. The van der Waals surface area contributed by atoms with E-state index in [2.05, 4.69) is 6.07 Å². The van der Waals surface area contributed by atoms with Crippen LogP contribution in [-0.2, 0) is 6.42 Å². The molecule has 0 bridgehead atoms. The van der Waals surface area contributed by atoms with E-state index in [-0.39, 0.29) is 5.75 Å². The summed E-state index contributed by atoms with van der Waals surface area (Å²) in [5, 5.41) is 20.3. The van der Waals surface area contributed by atoms with Crippen LogP contribution >= 0.6 is 11.6 Å². The van der Waals surface area contributed by atoms with E-state index in [1.165, 1.54) is 0 Å². The minimum absolute atomic E-state index is 0.0505. The van der Waals surface area contributed by atoms with Gasteiger partial charge in [0.05, 0.1) is 17.5 Å². The van der Waals surface area contributed by atoms with Gasteiger partial charge in [0.2, 0.25) is 0 Å². The fourth-order valence-electron chi connectivity index (χ4n) is 1.59. The number of hydrogen-bond donors (Lipinski definition) is 1. The van der Waals surface area contributed by atoms with Gasteiger partial charge in [-0.1, -0.05) is 29.8 Å². The molecule has 74 valence electrons. The van der Waals surface area contributed by atoms with Crippen molar-refractivity contribution in [1.29, 1.82) is 5.26 Å². The Balaban J connectivity index is 2.75. The molecule has 0 saturated heterocycles. The van der Waals surface area contributed by atoms with Crippen LogP contribution in [0.25, 0.3) is 10.8 Å². The predicted octanol–water partition coefficient (Wildman–Crippen LogP) is 3.26. The fourth-order valence-corrected chi connectivity index (χ4v) is 1.76. The van der Waals surface area contributed by atoms with Crippen molar-refractivity contribution in [3.05, 3.63) is 40.9 Å². The van der Waals surface area contributed by atoms with Crippen LogP contribution in [-0.4, -0.2) is 5.11 Å². The van der Waals surface area contributed by atoms with E-state index < -0.39 is 0 Å². The summed E-state index contributed by atoms with van der Waals surface area (Å²) in [5.41, 5.74) is 0.905. The highest BCUT2D eigenvalue weighted by Crippen LogP contribution is 2.30. The normalized spacial score (nSPS) is 10.1. The van der Waals surface area contributed by atoms with Crippen molar-refractivity contribution in [3.8, 4) is 11.8 Å². The lowest BCUT2D eigenvalue weighted by Gasteiger charge is -2.05. The van der Waals surface area contributed by atoms with E-state index in [0.29, 0.717) is 11.4 Å². The highest BCUT2D eigenvalue weighted by Gasteiger charge is 2.04. The summed E-state index contributed by atoms with van der Waals surface area (Å²) in [4.78, 5) is 0. The van der Waals surface area contributed by atoms with Gasteiger partial charge in [0.15, 0.2) is 0 Å². The molecule has 2 aromatic carbocycles. The highest BCUT2D eigenvalue weighted by atomic mass is 35.5. The quantitative estimate of drug-likeness (QED) is 0.797. The van der Waals surface area contributed by atoms with E-state index in [9.17, 15) is 5.11 Å². The molecule has 0 aliphatic carbocycles. The number of halogens is 1. The molecule has 3 heteroatoms. The number of hydrogen-bond acceptors (Lipinski definition) is 2. The summed E-state index contributed by atoms with van der Waals surface area (Å²) in [6, 6.07) is 11.1. The Labute approximate surface area is 92.3 Å². The van der Waals surface area contributed by atoms with E-state index in [1.807, 2.05) is 18.2 Å². The Morgan fingerprint density at radius 1 is 1.33 bits per heavy atom. The van der Waals surface area contributed by atoms with Crippen LogP contribution in [0.2, 0.25) is 5.02 Å². The van der Waals surface area contributed by atoms with Crippen LogP contribution in [0.1, 0.15) is 5.56 Å². The maximum absolute atomic E-state index is 9.50. The Morgan fingerprint density at radius 3 is 2.87 bits per heavy atom. The van der Waals surface area contributed by atoms with Crippen LogP contribution in [0.3, 0.4) is 0 Å². The third kappa shape index (κ3) is 1.74. The molecule has 0 aliphatic heterocycles. The van der Waals surface area contributed by atoms with Gasteiger partial charge in [-0.15, -0.1) is 0 Å². The predicted molar refractivity (Wildman–Crippen MR) is 59.9 cm³/mol. The van der Waals surface area contributed by atoms with Gasteiger partial charge in [0, 0.05) is 0 Å². The summed E-state index contributed by atoms with van der Waals surface area (Å²) in [6.45, 7) is 0. The number of benzene rings is 2. The molecule has 0 fully saturated rings. The van der Waals surface area contributed by atoms with Gasteiger partial charge in [-0.05, 0) is 28.5 Å². The third-order valence-corrected chi connectivity index (χ3v) is 2.61. The molecule has 0 atom stereocenters. The number of phenolic OH excluding ortho intramolecular Hbond substituents is 1. The molecule has 0 saturated carbocycles. The molecule has 2 nitrogen and oxygen atoms in total. The Kier molecular flexibility index (Phi) is 2.49. The standard InChI is InChI=1S/C12H8ClNO/c13-11-6-9-3-1-2-8(4-5-14)10(9)7-12(11)15/h1-3,6-7,15H,4H2. The fraction of sp³-hybridized carbons (Fsp3) is 0.0833. The second-order valence-corrected chi connectivity index (χ2v) is 3.68. The van der Waals surface area contributed by atoms with Crippen molar-refractivity contribution in [3.63, 3.8) is 0 Å². The molecule has 15 heavy (non-hydrogen) atoms. The van der Waals surface area contributed by atoms with Crippen LogP contribution in [0, 0.1) is 11.3 Å². The van der Waals surface area contributed by atoms with E-state index >= 15 is 0 Å². The van der Waals surface area contributed by atoms with Crippen LogP contribution in [0.5, 0.6) is 5.75 Å². The van der Waals surface area contributed by atoms with Gasteiger partial charge in [0.1, 0.15) is 5.75 Å². The van der Waals surface area contributed by atoms with Gasteiger partial charge in [-0.2, -0.15) is 5.26 Å². The topological polar surface area (TPSA) is 44.0 Å². The zero-order valence-corrected chi connectivity index (χ0v) is 8.62. The lowest BCUT2D eigenvalue weighted by atomic mass is 10.0. The monoisotopic (exact) mass is 217 g/mol. The SMILES string of the molecule is N#CCc1cccc2cc(Cl)c(O)cc12. The molecule has 0 aromatic heterocycles. The lowest BCUT2D eigenvalue weighted by Crippen LogP contribution is -1.84. The lowest BCUT2D eigenvalue weighted by molar-refractivity contribution is 0.476. The maximum atomic E-state index is 9.50. The van der Waals surface area contributed by atoms with Gasteiger partial charge in [0.25, 0.3) is 0 Å². The maximum Gasteiger partial charge on any atom is 0.134 e. The van der Waals surface area contributed by atoms with Gasteiger partial charge >= 0.3 is 0 Å². The summed E-state index contributed by atoms with van der Waals surface area (Å²) < 4.78 is 0. The zero-order chi connectivity index (χ0) is 10.8. The first-order valence-electron chi connectivity index (χ1n) is 4.49. The molecule has 0 amide bonds. The number of rotatable bonds is 1. The van der Waals surface area contributed by atoms with Crippen molar-refractivity contribution < 1.29 is 5.11 Å². The van der Waals surface area contributed by atoms with Crippen molar-refractivity contribution in [2.45, 2.75) is 6.42 Å². The smallest absolute Gasteiger partial charge is 0.134 e. The Bertz CT molecular complexity index is 557. The van der Waals surface area contributed by atoms with Gasteiger partial charge in [-0.25, -0.2) is 0 Å². The minimum Gasteiger partial charge on any atom is -0.506 e. The van der Waals surface area contributed by atoms with Crippen molar-refractivity contribution in [1.82, 2.24) is 0 Å². The molecule has 1 N–H and O–H groups in total. The molecule has 0 aliphatic rings. The summed E-state index contributed by atoms with van der Waals surface area (Å²) >= 11 is 5.80. The molecular formula is C12H8ClNO. The molecule has 0 radical (unpaired) electrons. The highest BCUT2D eigenvalue weighted by molar-refractivity contribution is 6.32. The largest absolute Gasteiger partial charge is 0.506 e. The summed E-state index contributed by atoms with van der Waals surface area (Å²) in [5.74, 6) is 0.0505. The second-order valence-electron chi connectivity index (χ2n) is 3.28. The first kappa shape index (κ1) is 9.82. The molecule has 2 aromatic rings. The van der Waals surface area contributed by atoms with E-state index in [4.69, 9.17) is 16.9 Å². The molecule has 0 heterocycles. The van der Waals surface area contributed by atoms with Gasteiger partial charge in [-0.3, -0.25) is 0 Å². The number of aromatic hydroxyl groups is 1. The number of nitriles is 1. The Morgan fingerprint density at radius 2 is 2.13 bits per heavy atom. The minimum atomic E-state index is 0.0505. The van der Waals surface area contributed by atoms with Crippen LogP contribution < -0.4 is 0 Å². The molecular weight excluding hydrogens is 210 g/mol. The first-order chi connectivity index (χ1) is 7.22. The summed E-state index contributed by atoms with van der Waals surface area (Å²) in [7, 11) is 0.